The molecule has 3 rings (SSSR count). The van der Waals surface area contributed by atoms with E-state index in [1.165, 1.54) is 0 Å². The van der Waals surface area contributed by atoms with Crippen molar-refractivity contribution >= 4 is 11.6 Å². The highest BCUT2D eigenvalue weighted by atomic mass is 16.5. The van der Waals surface area contributed by atoms with Gasteiger partial charge in [0.05, 0.1) is 0 Å². The lowest BCUT2D eigenvalue weighted by Gasteiger charge is -2.07. The van der Waals surface area contributed by atoms with Gasteiger partial charge in [0.25, 0.3) is 5.91 Å². The first-order valence-electron chi connectivity index (χ1n) is 6.87. The van der Waals surface area contributed by atoms with Crippen LogP contribution in [0.4, 0.5) is 5.69 Å². The maximum Gasteiger partial charge on any atom is 0.274 e. The fraction of sp³-hybridized carbons (Fsp3) is 0. The molecule has 22 heavy (non-hydrogen) atoms. The van der Waals surface area contributed by atoms with Gasteiger partial charge in [-0.05, 0) is 30.3 Å². The zero-order chi connectivity index (χ0) is 15.2. The molecule has 4 heteroatoms. The van der Waals surface area contributed by atoms with E-state index in [1.807, 2.05) is 60.7 Å². The molecule has 108 valence electrons. The predicted molar refractivity (Wildman–Crippen MR) is 85.1 cm³/mol. The first kappa shape index (κ1) is 13.8. The molecule has 0 bridgehead atoms. The van der Waals surface area contributed by atoms with E-state index in [9.17, 15) is 4.79 Å². The highest BCUT2D eigenvalue weighted by Gasteiger charge is 2.09. The van der Waals surface area contributed by atoms with Gasteiger partial charge in [0.1, 0.15) is 11.4 Å². The number of amides is 1. The van der Waals surface area contributed by atoms with E-state index in [4.69, 9.17) is 4.74 Å². The largest absolute Gasteiger partial charge is 0.439 e. The molecule has 0 saturated heterocycles. The quantitative estimate of drug-likeness (QED) is 0.786. The Kier molecular flexibility index (Phi) is 4.11. The minimum atomic E-state index is -0.273. The number of nitrogens with zero attached hydrogens (tertiary/aromatic N) is 1. The number of benzene rings is 2. The van der Waals surface area contributed by atoms with Crippen LogP contribution in [0.25, 0.3) is 0 Å². The number of hydrogen-bond donors (Lipinski definition) is 1. The molecule has 1 amide bonds. The standard InChI is InChI=1S/C18H14N2O2/c21-18(19-14-8-3-1-4-9-14)16-12-7-13-17(20-16)22-15-10-5-2-6-11-15/h1-13H,(H,19,21). The summed E-state index contributed by atoms with van der Waals surface area (Å²) in [5, 5.41) is 2.79. The molecule has 0 unspecified atom stereocenters. The van der Waals surface area contributed by atoms with Crippen LogP contribution in [0, 0.1) is 0 Å². The molecule has 1 heterocycles. The maximum absolute atomic E-state index is 12.2. The lowest BCUT2D eigenvalue weighted by atomic mass is 10.3. The van der Waals surface area contributed by atoms with Crippen molar-refractivity contribution in [3.8, 4) is 11.6 Å². The van der Waals surface area contributed by atoms with Crippen LogP contribution in [-0.2, 0) is 0 Å². The number of hydrogen-bond acceptors (Lipinski definition) is 3. The Morgan fingerprint density at radius 2 is 1.50 bits per heavy atom. The third-order valence-corrected chi connectivity index (χ3v) is 2.95. The van der Waals surface area contributed by atoms with Crippen molar-refractivity contribution in [3.05, 3.63) is 84.6 Å². The smallest absolute Gasteiger partial charge is 0.274 e. The Balaban J connectivity index is 1.75. The van der Waals surface area contributed by atoms with Crippen molar-refractivity contribution in [2.75, 3.05) is 5.32 Å². The van der Waals surface area contributed by atoms with Crippen molar-refractivity contribution < 1.29 is 9.53 Å². The van der Waals surface area contributed by atoms with Gasteiger partial charge < -0.3 is 10.1 Å². The molecule has 0 aliphatic heterocycles. The zero-order valence-electron chi connectivity index (χ0n) is 11.8. The van der Waals surface area contributed by atoms with Crippen LogP contribution >= 0.6 is 0 Å². The van der Waals surface area contributed by atoms with Crippen LogP contribution in [-0.4, -0.2) is 10.9 Å². The van der Waals surface area contributed by atoms with E-state index >= 15 is 0 Å². The third-order valence-electron chi connectivity index (χ3n) is 2.95. The van der Waals surface area contributed by atoms with Gasteiger partial charge in [-0.2, -0.15) is 0 Å². The molecule has 4 nitrogen and oxygen atoms in total. The van der Waals surface area contributed by atoms with E-state index < -0.39 is 0 Å². The third kappa shape index (κ3) is 3.49. The average Bonchev–Trinajstić information content (AvgIpc) is 2.57. The number of aromatic nitrogens is 1. The average molecular weight is 290 g/mol. The summed E-state index contributed by atoms with van der Waals surface area (Å²) < 4.78 is 5.63. The van der Waals surface area contributed by atoms with Gasteiger partial charge in [0.2, 0.25) is 5.88 Å². The summed E-state index contributed by atoms with van der Waals surface area (Å²) in [4.78, 5) is 16.4. The maximum atomic E-state index is 12.2. The van der Waals surface area contributed by atoms with Crippen LogP contribution in [0.5, 0.6) is 11.6 Å². The zero-order valence-corrected chi connectivity index (χ0v) is 11.8. The Morgan fingerprint density at radius 1 is 0.818 bits per heavy atom. The summed E-state index contributed by atoms with van der Waals surface area (Å²) in [6.45, 7) is 0. The summed E-state index contributed by atoms with van der Waals surface area (Å²) in [7, 11) is 0. The summed E-state index contributed by atoms with van der Waals surface area (Å²) in [5.41, 5.74) is 1.03. The summed E-state index contributed by atoms with van der Waals surface area (Å²) in [6.07, 6.45) is 0. The molecule has 2 aromatic carbocycles. The number of nitrogens with one attached hydrogen (secondary N) is 1. The molecule has 0 atom stereocenters. The van der Waals surface area contributed by atoms with Gasteiger partial charge in [-0.25, -0.2) is 4.98 Å². The number of para-hydroxylation sites is 2. The van der Waals surface area contributed by atoms with Crippen LogP contribution in [0.3, 0.4) is 0 Å². The highest BCUT2D eigenvalue weighted by molar-refractivity contribution is 6.02. The molecule has 0 fully saturated rings. The van der Waals surface area contributed by atoms with Gasteiger partial charge >= 0.3 is 0 Å². The van der Waals surface area contributed by atoms with E-state index in [0.717, 1.165) is 5.69 Å². The first-order valence-corrected chi connectivity index (χ1v) is 6.87. The number of ether oxygens (including phenoxy) is 1. The number of carbonyl (C=O) groups excluding carboxylic acids is 1. The SMILES string of the molecule is O=C(Nc1ccccc1)c1cccc(Oc2ccccc2)n1. The fourth-order valence-electron chi connectivity index (χ4n) is 1.92. The topological polar surface area (TPSA) is 51.2 Å². The number of anilines is 1. The second kappa shape index (κ2) is 6.54. The minimum Gasteiger partial charge on any atom is -0.439 e. The van der Waals surface area contributed by atoms with Gasteiger partial charge in [-0.1, -0.05) is 42.5 Å². The Bertz CT molecular complexity index is 758. The first-order chi connectivity index (χ1) is 10.8. The summed E-state index contributed by atoms with van der Waals surface area (Å²) in [6, 6.07) is 23.7. The number of rotatable bonds is 4. The molecule has 0 spiro atoms. The number of pyridine rings is 1. The van der Waals surface area contributed by atoms with E-state index in [2.05, 4.69) is 10.3 Å². The molecule has 3 aromatic rings. The molecule has 0 saturated carbocycles. The second-order valence-electron chi connectivity index (χ2n) is 4.60. The van der Waals surface area contributed by atoms with Gasteiger partial charge in [0, 0.05) is 11.8 Å². The molecule has 0 radical (unpaired) electrons. The van der Waals surface area contributed by atoms with Crippen molar-refractivity contribution in [3.63, 3.8) is 0 Å². The molecule has 1 aromatic heterocycles. The second-order valence-corrected chi connectivity index (χ2v) is 4.60. The van der Waals surface area contributed by atoms with Gasteiger partial charge in [0.15, 0.2) is 0 Å². The van der Waals surface area contributed by atoms with Gasteiger partial charge in [-0.3, -0.25) is 4.79 Å². The highest BCUT2D eigenvalue weighted by Crippen LogP contribution is 2.19. The molecule has 0 aliphatic carbocycles. The van der Waals surface area contributed by atoms with Crippen LogP contribution in [0.1, 0.15) is 10.5 Å². The Hall–Kier alpha value is -3.14. The van der Waals surface area contributed by atoms with E-state index in [0.29, 0.717) is 17.3 Å². The Morgan fingerprint density at radius 3 is 2.23 bits per heavy atom. The monoisotopic (exact) mass is 290 g/mol. The fourth-order valence-corrected chi connectivity index (χ4v) is 1.92. The summed E-state index contributed by atoms with van der Waals surface area (Å²) >= 11 is 0. The molecule has 1 N–H and O–H groups in total. The van der Waals surface area contributed by atoms with E-state index in [-0.39, 0.29) is 5.91 Å². The van der Waals surface area contributed by atoms with Crippen molar-refractivity contribution in [1.29, 1.82) is 0 Å². The van der Waals surface area contributed by atoms with Gasteiger partial charge in [-0.15, -0.1) is 0 Å². The molecule has 0 aliphatic rings. The van der Waals surface area contributed by atoms with Crippen LogP contribution in [0.2, 0.25) is 0 Å². The predicted octanol–water partition coefficient (Wildman–Crippen LogP) is 4.13. The van der Waals surface area contributed by atoms with E-state index in [1.54, 1.807) is 18.2 Å². The van der Waals surface area contributed by atoms with Crippen molar-refractivity contribution in [1.82, 2.24) is 4.98 Å². The normalized spacial score (nSPS) is 10.0. The molecular weight excluding hydrogens is 276 g/mol. The summed E-state index contributed by atoms with van der Waals surface area (Å²) in [5.74, 6) is 0.784. The number of carbonyl (C=O) groups is 1. The van der Waals surface area contributed by atoms with Crippen LogP contribution < -0.4 is 10.1 Å². The van der Waals surface area contributed by atoms with Crippen molar-refractivity contribution in [2.24, 2.45) is 0 Å². The minimum absolute atomic E-state index is 0.273. The van der Waals surface area contributed by atoms with Crippen molar-refractivity contribution in [2.45, 2.75) is 0 Å². The Labute approximate surface area is 128 Å². The lowest BCUT2D eigenvalue weighted by molar-refractivity contribution is 0.102. The molecular formula is C18H14N2O2. The lowest BCUT2D eigenvalue weighted by Crippen LogP contribution is -2.13. The van der Waals surface area contributed by atoms with Crippen LogP contribution in [0.15, 0.2) is 78.9 Å².